The van der Waals surface area contributed by atoms with Crippen molar-refractivity contribution >= 4 is 22.9 Å². The second-order valence-corrected chi connectivity index (χ2v) is 3.64. The fraction of sp³-hybridized carbons (Fsp3) is 0.111. The maximum Gasteiger partial charge on any atom is 0.171 e. The van der Waals surface area contributed by atoms with Crippen molar-refractivity contribution in [3.05, 3.63) is 40.1 Å². The van der Waals surface area contributed by atoms with E-state index in [-0.39, 0.29) is 0 Å². The number of pyridine rings is 1. The van der Waals surface area contributed by atoms with E-state index in [2.05, 4.69) is 9.97 Å². The Balaban J connectivity index is 2.02. The topological polar surface area (TPSA) is 35.0 Å². The summed E-state index contributed by atoms with van der Waals surface area (Å²) in [5.74, 6) is 0.585. The minimum absolute atomic E-state index is 0.378. The monoisotopic (exact) mass is 226 g/mol. The predicted octanol–water partition coefficient (Wildman–Crippen LogP) is 2.77. The number of rotatable bonds is 3. The summed E-state index contributed by atoms with van der Waals surface area (Å²) < 4.78 is 5.43. The quantitative estimate of drug-likeness (QED) is 0.755. The fourth-order valence-corrected chi connectivity index (χ4v) is 1.66. The second kappa shape index (κ2) is 4.39. The SMILES string of the molecule is Clc1ncccc1OCc1cscn1. The van der Waals surface area contributed by atoms with E-state index in [0.717, 1.165) is 5.69 Å². The molecule has 0 saturated carbocycles. The van der Waals surface area contributed by atoms with Crippen LogP contribution in [-0.4, -0.2) is 9.97 Å². The molecule has 0 amide bonds. The van der Waals surface area contributed by atoms with E-state index in [1.807, 2.05) is 5.38 Å². The van der Waals surface area contributed by atoms with Gasteiger partial charge < -0.3 is 4.74 Å². The van der Waals surface area contributed by atoms with Crippen LogP contribution in [0.4, 0.5) is 0 Å². The first kappa shape index (κ1) is 9.43. The van der Waals surface area contributed by atoms with Crippen molar-refractivity contribution in [1.29, 1.82) is 0 Å². The first-order valence-electron chi connectivity index (χ1n) is 3.96. The van der Waals surface area contributed by atoms with Crippen LogP contribution in [0, 0.1) is 0 Å². The van der Waals surface area contributed by atoms with Gasteiger partial charge in [0, 0.05) is 11.6 Å². The summed E-state index contributed by atoms with van der Waals surface area (Å²) in [4.78, 5) is 7.99. The van der Waals surface area contributed by atoms with Crippen molar-refractivity contribution < 1.29 is 4.74 Å². The zero-order valence-electron chi connectivity index (χ0n) is 7.18. The summed E-state index contributed by atoms with van der Waals surface area (Å²) in [5.41, 5.74) is 2.67. The first-order valence-corrected chi connectivity index (χ1v) is 5.29. The highest BCUT2D eigenvalue weighted by molar-refractivity contribution is 7.07. The third kappa shape index (κ3) is 2.21. The molecule has 0 spiro atoms. The Morgan fingerprint density at radius 3 is 3.07 bits per heavy atom. The lowest BCUT2D eigenvalue weighted by Crippen LogP contribution is -1.96. The highest BCUT2D eigenvalue weighted by Crippen LogP contribution is 2.21. The summed E-state index contributed by atoms with van der Waals surface area (Å²) in [7, 11) is 0. The zero-order valence-corrected chi connectivity index (χ0v) is 8.76. The van der Waals surface area contributed by atoms with Gasteiger partial charge in [0.05, 0.1) is 11.2 Å². The van der Waals surface area contributed by atoms with Gasteiger partial charge in [-0.15, -0.1) is 11.3 Å². The van der Waals surface area contributed by atoms with Gasteiger partial charge in [-0.25, -0.2) is 9.97 Å². The van der Waals surface area contributed by atoms with Crippen LogP contribution >= 0.6 is 22.9 Å². The smallest absolute Gasteiger partial charge is 0.171 e. The van der Waals surface area contributed by atoms with Crippen LogP contribution in [0.15, 0.2) is 29.2 Å². The molecule has 0 radical (unpaired) electrons. The van der Waals surface area contributed by atoms with E-state index in [4.69, 9.17) is 16.3 Å². The Bertz CT molecular complexity index is 405. The van der Waals surface area contributed by atoms with Crippen molar-refractivity contribution in [2.45, 2.75) is 6.61 Å². The number of ether oxygens (including phenoxy) is 1. The number of nitrogens with zero attached hydrogens (tertiary/aromatic N) is 2. The molecule has 0 aliphatic heterocycles. The molecule has 2 heterocycles. The summed E-state index contributed by atoms with van der Waals surface area (Å²) >= 11 is 7.35. The van der Waals surface area contributed by atoms with Crippen LogP contribution in [0.1, 0.15) is 5.69 Å². The minimum Gasteiger partial charge on any atom is -0.484 e. The largest absolute Gasteiger partial charge is 0.484 e. The van der Waals surface area contributed by atoms with Gasteiger partial charge >= 0.3 is 0 Å². The minimum atomic E-state index is 0.378. The summed E-state index contributed by atoms with van der Waals surface area (Å²) in [6.45, 7) is 0.426. The number of halogens is 1. The molecule has 0 saturated heterocycles. The van der Waals surface area contributed by atoms with E-state index >= 15 is 0 Å². The normalized spacial score (nSPS) is 10.1. The van der Waals surface area contributed by atoms with Crippen molar-refractivity contribution in [2.24, 2.45) is 0 Å². The van der Waals surface area contributed by atoms with Crippen LogP contribution in [-0.2, 0) is 6.61 Å². The summed E-state index contributed by atoms with van der Waals surface area (Å²) in [6, 6.07) is 3.56. The number of hydrogen-bond donors (Lipinski definition) is 0. The van der Waals surface area contributed by atoms with Gasteiger partial charge in [-0.05, 0) is 12.1 Å². The van der Waals surface area contributed by atoms with Gasteiger partial charge in [-0.2, -0.15) is 0 Å². The molecule has 72 valence electrons. The molecule has 5 heteroatoms. The van der Waals surface area contributed by atoms with Crippen molar-refractivity contribution in [2.75, 3.05) is 0 Å². The Morgan fingerprint density at radius 1 is 1.43 bits per heavy atom. The Hall–Kier alpha value is -1.13. The number of aromatic nitrogens is 2. The summed E-state index contributed by atoms with van der Waals surface area (Å²) in [5, 5.41) is 2.31. The molecule has 3 nitrogen and oxygen atoms in total. The van der Waals surface area contributed by atoms with Crippen LogP contribution in [0.3, 0.4) is 0 Å². The van der Waals surface area contributed by atoms with E-state index < -0.39 is 0 Å². The lowest BCUT2D eigenvalue weighted by molar-refractivity contribution is 0.301. The maximum absolute atomic E-state index is 5.81. The molecule has 2 rings (SSSR count). The molecule has 0 unspecified atom stereocenters. The van der Waals surface area contributed by atoms with Crippen molar-refractivity contribution in [3.63, 3.8) is 0 Å². The van der Waals surface area contributed by atoms with Crippen molar-refractivity contribution in [1.82, 2.24) is 9.97 Å². The third-order valence-corrected chi connectivity index (χ3v) is 2.50. The molecular formula is C9H7ClN2OS. The molecular weight excluding hydrogens is 220 g/mol. The van der Waals surface area contributed by atoms with Crippen LogP contribution < -0.4 is 4.74 Å². The second-order valence-electron chi connectivity index (χ2n) is 2.56. The summed E-state index contributed by atoms with van der Waals surface area (Å²) in [6.07, 6.45) is 1.62. The molecule has 14 heavy (non-hydrogen) atoms. The lowest BCUT2D eigenvalue weighted by atomic mass is 10.4. The number of thiazole rings is 1. The molecule has 2 aromatic heterocycles. The predicted molar refractivity (Wildman–Crippen MR) is 55.7 cm³/mol. The molecule has 0 aliphatic rings. The van der Waals surface area contributed by atoms with Gasteiger partial charge in [-0.1, -0.05) is 11.6 Å². The average Bonchev–Trinajstić information content (AvgIpc) is 2.69. The first-order chi connectivity index (χ1) is 6.86. The molecule has 0 aliphatic carbocycles. The molecule has 0 atom stereocenters. The third-order valence-electron chi connectivity index (χ3n) is 1.58. The molecule has 2 aromatic rings. The standard InChI is InChI=1S/C9H7ClN2OS/c10-9-8(2-1-3-11-9)13-4-7-5-14-6-12-7/h1-3,5-6H,4H2. The molecule has 0 bridgehead atoms. The van der Waals surface area contributed by atoms with Gasteiger partial charge in [0.25, 0.3) is 0 Å². The van der Waals surface area contributed by atoms with Gasteiger partial charge in [-0.3, -0.25) is 0 Å². The Kier molecular flexibility index (Phi) is 2.96. The van der Waals surface area contributed by atoms with Crippen LogP contribution in [0.5, 0.6) is 5.75 Å². The highest BCUT2D eigenvalue weighted by Gasteiger charge is 2.02. The van der Waals surface area contributed by atoms with E-state index in [1.54, 1.807) is 23.8 Å². The van der Waals surface area contributed by atoms with Crippen molar-refractivity contribution in [3.8, 4) is 5.75 Å². The lowest BCUT2D eigenvalue weighted by Gasteiger charge is -2.04. The Labute approximate surface area is 90.3 Å². The Morgan fingerprint density at radius 2 is 2.36 bits per heavy atom. The molecule has 0 N–H and O–H groups in total. The van der Waals surface area contributed by atoms with Gasteiger partial charge in [0.15, 0.2) is 10.9 Å². The van der Waals surface area contributed by atoms with Gasteiger partial charge in [0.2, 0.25) is 0 Å². The average molecular weight is 227 g/mol. The van der Waals surface area contributed by atoms with E-state index in [0.29, 0.717) is 17.5 Å². The zero-order chi connectivity index (χ0) is 9.80. The highest BCUT2D eigenvalue weighted by atomic mass is 35.5. The molecule has 0 aromatic carbocycles. The van der Waals surface area contributed by atoms with Gasteiger partial charge in [0.1, 0.15) is 6.61 Å². The van der Waals surface area contributed by atoms with E-state index in [1.165, 1.54) is 11.3 Å². The number of hydrogen-bond acceptors (Lipinski definition) is 4. The molecule has 0 fully saturated rings. The van der Waals surface area contributed by atoms with Crippen LogP contribution in [0.2, 0.25) is 5.15 Å². The fourth-order valence-electron chi connectivity index (χ4n) is 0.939. The maximum atomic E-state index is 5.81. The van der Waals surface area contributed by atoms with E-state index in [9.17, 15) is 0 Å². The van der Waals surface area contributed by atoms with Crippen LogP contribution in [0.25, 0.3) is 0 Å².